The maximum atomic E-state index is 2.32. The van der Waals surface area contributed by atoms with Gasteiger partial charge in [0.2, 0.25) is 0 Å². The molecule has 0 aromatic heterocycles. The molecule has 0 atom stereocenters. The van der Waals surface area contributed by atoms with E-state index >= 15 is 0 Å². The molecule has 110 valence electrons. The molecule has 1 heterocycles. The first kappa shape index (κ1) is 13.7. The molecule has 0 amide bonds. The van der Waals surface area contributed by atoms with Crippen LogP contribution in [0.2, 0.25) is 0 Å². The van der Waals surface area contributed by atoms with E-state index in [2.05, 4.69) is 91.0 Å². The molecule has 0 N–H and O–H groups in total. The van der Waals surface area contributed by atoms with E-state index in [0.717, 1.165) is 0 Å². The van der Waals surface area contributed by atoms with Crippen LogP contribution in [-0.4, -0.2) is 11.5 Å². The third kappa shape index (κ3) is 2.26. The van der Waals surface area contributed by atoms with Gasteiger partial charge in [-0.3, -0.25) is 0 Å². The monoisotopic (exact) mass is 304 g/mol. The minimum absolute atomic E-state index is 0.705. The van der Waals surface area contributed by atoms with Crippen LogP contribution in [0.3, 0.4) is 0 Å². The van der Waals surface area contributed by atoms with Crippen molar-refractivity contribution in [3.05, 3.63) is 96.6 Å². The van der Waals surface area contributed by atoms with Crippen molar-refractivity contribution in [2.45, 2.75) is 15.7 Å². The van der Waals surface area contributed by atoms with Gasteiger partial charge in [0.25, 0.3) is 0 Å². The van der Waals surface area contributed by atoms with Gasteiger partial charge in [0.1, 0.15) is 0 Å². The first-order chi connectivity index (χ1) is 10.9. The van der Waals surface area contributed by atoms with E-state index in [9.17, 15) is 0 Å². The molecule has 0 saturated carbocycles. The van der Waals surface area contributed by atoms with Crippen LogP contribution in [-0.2, 0) is 0 Å². The molecule has 3 aromatic carbocycles. The van der Waals surface area contributed by atoms with E-state index in [1.165, 1.54) is 26.9 Å². The summed E-state index contributed by atoms with van der Waals surface area (Å²) in [6, 6.07) is 33.3. The van der Waals surface area contributed by atoms with Gasteiger partial charge in [0.05, 0.1) is 0 Å². The normalized spacial score (nSPS) is 18.4. The molecule has 0 unspecified atom stereocenters. The highest BCUT2D eigenvalue weighted by atomic mass is 32.3. The SMILES string of the molecule is c1ccc(C2CS(c3ccccc3)(c3ccccc3)C2)cc1. The van der Waals surface area contributed by atoms with E-state index in [1.807, 2.05) is 0 Å². The summed E-state index contributed by atoms with van der Waals surface area (Å²) in [7, 11) is -0.851. The molecule has 1 saturated heterocycles. The highest BCUT2D eigenvalue weighted by Gasteiger charge is 2.42. The van der Waals surface area contributed by atoms with E-state index < -0.39 is 10.0 Å². The Morgan fingerprint density at radius 3 is 1.41 bits per heavy atom. The summed E-state index contributed by atoms with van der Waals surface area (Å²) < 4.78 is 0. The highest BCUT2D eigenvalue weighted by Crippen LogP contribution is 2.72. The van der Waals surface area contributed by atoms with Crippen LogP contribution in [0.25, 0.3) is 0 Å². The maximum Gasteiger partial charge on any atom is 0.000321 e. The Hall–Kier alpha value is -1.99. The first-order valence-electron chi connectivity index (χ1n) is 7.82. The van der Waals surface area contributed by atoms with Crippen LogP contribution in [0.4, 0.5) is 0 Å². The third-order valence-electron chi connectivity index (χ3n) is 4.63. The van der Waals surface area contributed by atoms with Gasteiger partial charge in [-0.25, -0.2) is 0 Å². The van der Waals surface area contributed by atoms with Crippen LogP contribution in [0.5, 0.6) is 0 Å². The molecular weight excluding hydrogens is 284 g/mol. The Balaban J connectivity index is 1.71. The standard InChI is InChI=1S/C21H20S/c1-4-10-18(11-5-1)19-16-22(17-19,20-12-6-2-7-13-20)21-14-8-3-9-15-21/h1-15,19H,16-17H2. The minimum Gasteiger partial charge on any atom is -0.186 e. The van der Waals surface area contributed by atoms with E-state index in [1.54, 1.807) is 0 Å². The molecule has 22 heavy (non-hydrogen) atoms. The second-order valence-electron chi connectivity index (χ2n) is 5.95. The Morgan fingerprint density at radius 1 is 0.545 bits per heavy atom. The van der Waals surface area contributed by atoms with Crippen LogP contribution in [0.15, 0.2) is 101 Å². The molecule has 0 nitrogen and oxygen atoms in total. The predicted octanol–water partition coefficient (Wildman–Crippen LogP) is 5.71. The molecule has 1 heteroatoms. The lowest BCUT2D eigenvalue weighted by Gasteiger charge is -2.54. The second-order valence-corrected chi connectivity index (χ2v) is 9.33. The van der Waals surface area contributed by atoms with Gasteiger partial charge in [-0.05, 0) is 51.1 Å². The van der Waals surface area contributed by atoms with Crippen LogP contribution in [0, 0.1) is 0 Å². The second kappa shape index (κ2) is 5.66. The van der Waals surface area contributed by atoms with Gasteiger partial charge < -0.3 is 0 Å². The van der Waals surface area contributed by atoms with Crippen molar-refractivity contribution in [1.82, 2.24) is 0 Å². The average Bonchev–Trinajstić information content (AvgIpc) is 2.57. The number of hydrogen-bond donors (Lipinski definition) is 0. The third-order valence-corrected chi connectivity index (χ3v) is 8.92. The molecule has 4 rings (SSSR count). The smallest absolute Gasteiger partial charge is 0.000321 e. The zero-order valence-electron chi connectivity index (χ0n) is 12.6. The fourth-order valence-corrected chi connectivity index (χ4v) is 7.50. The van der Waals surface area contributed by atoms with Crippen molar-refractivity contribution in [3.8, 4) is 0 Å². The van der Waals surface area contributed by atoms with Gasteiger partial charge >= 0.3 is 0 Å². The lowest BCUT2D eigenvalue weighted by Crippen LogP contribution is -2.31. The molecule has 0 bridgehead atoms. The summed E-state index contributed by atoms with van der Waals surface area (Å²) in [5, 5.41) is 0. The minimum atomic E-state index is -0.851. The van der Waals surface area contributed by atoms with Crippen molar-refractivity contribution in [2.75, 3.05) is 11.5 Å². The summed E-state index contributed by atoms with van der Waals surface area (Å²) in [5.41, 5.74) is 1.50. The average molecular weight is 304 g/mol. The van der Waals surface area contributed by atoms with Crippen molar-refractivity contribution < 1.29 is 0 Å². The quantitative estimate of drug-likeness (QED) is 0.581. The summed E-state index contributed by atoms with van der Waals surface area (Å²) in [4.78, 5) is 3.07. The summed E-state index contributed by atoms with van der Waals surface area (Å²) in [6.45, 7) is 0. The zero-order valence-corrected chi connectivity index (χ0v) is 13.4. The summed E-state index contributed by atoms with van der Waals surface area (Å²) in [5.74, 6) is 3.27. The molecule has 1 fully saturated rings. The molecule has 1 aliphatic heterocycles. The van der Waals surface area contributed by atoms with Crippen molar-refractivity contribution >= 4 is 10.0 Å². The highest BCUT2D eigenvalue weighted by molar-refractivity contribution is 8.35. The van der Waals surface area contributed by atoms with E-state index in [-0.39, 0.29) is 0 Å². The van der Waals surface area contributed by atoms with Crippen LogP contribution >= 0.6 is 10.0 Å². The Labute approximate surface area is 134 Å². The topological polar surface area (TPSA) is 0 Å². The van der Waals surface area contributed by atoms with E-state index in [4.69, 9.17) is 0 Å². The predicted molar refractivity (Wildman–Crippen MR) is 95.9 cm³/mol. The van der Waals surface area contributed by atoms with Gasteiger partial charge in [-0.2, -0.15) is 10.0 Å². The van der Waals surface area contributed by atoms with Gasteiger partial charge in [-0.1, -0.05) is 66.7 Å². The molecule has 1 aliphatic rings. The van der Waals surface area contributed by atoms with Crippen molar-refractivity contribution in [1.29, 1.82) is 0 Å². The van der Waals surface area contributed by atoms with Gasteiger partial charge in [-0.15, -0.1) is 0 Å². The van der Waals surface area contributed by atoms with Gasteiger partial charge in [0, 0.05) is 5.92 Å². The lowest BCUT2D eigenvalue weighted by atomic mass is 10.0. The molecular formula is C21H20S. The van der Waals surface area contributed by atoms with Crippen LogP contribution in [0.1, 0.15) is 11.5 Å². The lowest BCUT2D eigenvalue weighted by molar-refractivity contribution is 0.816. The Kier molecular flexibility index (Phi) is 3.51. The van der Waals surface area contributed by atoms with Crippen molar-refractivity contribution in [3.63, 3.8) is 0 Å². The first-order valence-corrected chi connectivity index (χ1v) is 9.79. The Bertz CT molecular complexity index is 687. The maximum absolute atomic E-state index is 2.32. The molecule has 3 aromatic rings. The fraction of sp³-hybridized carbons (Fsp3) is 0.143. The molecule has 0 spiro atoms. The number of hydrogen-bond acceptors (Lipinski definition) is 0. The largest absolute Gasteiger partial charge is 0.186 e. The summed E-state index contributed by atoms with van der Waals surface area (Å²) >= 11 is 0. The molecule has 0 radical (unpaired) electrons. The Morgan fingerprint density at radius 2 is 0.955 bits per heavy atom. The van der Waals surface area contributed by atoms with Gasteiger partial charge in [0.15, 0.2) is 0 Å². The zero-order chi connectivity index (χ0) is 14.8. The summed E-state index contributed by atoms with van der Waals surface area (Å²) in [6.07, 6.45) is 0. The number of benzene rings is 3. The number of rotatable bonds is 3. The molecule has 0 aliphatic carbocycles. The van der Waals surface area contributed by atoms with Crippen molar-refractivity contribution in [2.24, 2.45) is 0 Å². The fourth-order valence-electron chi connectivity index (χ4n) is 3.44. The van der Waals surface area contributed by atoms with E-state index in [0.29, 0.717) is 5.92 Å². The van der Waals surface area contributed by atoms with Crippen LogP contribution < -0.4 is 0 Å².